The third kappa shape index (κ3) is 6.11. The van der Waals surface area contributed by atoms with Crippen molar-refractivity contribution in [1.82, 2.24) is 9.03 Å². The average molecular weight is 665 g/mol. The zero-order valence-corrected chi connectivity index (χ0v) is 25.6. The molecular weight excluding hydrogens is 634 g/mol. The molecule has 0 saturated heterocycles. The summed E-state index contributed by atoms with van der Waals surface area (Å²) in [6, 6.07) is 4.03. The zero-order chi connectivity index (χ0) is 24.9. The number of hydrogen-bond acceptors (Lipinski definition) is 5. The molecule has 2 aromatic heterocycles. The Balaban J connectivity index is 1.64. The number of fused-ring (bicyclic) bond motifs is 1. The Morgan fingerprint density at radius 2 is 1.37 bits per heavy atom. The van der Waals surface area contributed by atoms with Gasteiger partial charge in [0, 0.05) is 11.1 Å². The fourth-order valence-electron chi connectivity index (χ4n) is 4.32. The summed E-state index contributed by atoms with van der Waals surface area (Å²) in [6.45, 7) is 4.40. The van der Waals surface area contributed by atoms with E-state index in [0.717, 1.165) is 54.1 Å². The SMILES string of the molecule is CCCCCCc1cc(C2=C(F)C(F)=C(c3cc(CCCCCC)c(Br)s3)N3SNC=C23)sc1Br. The Hall–Kier alpha value is -0.610. The molecular formula is C26H30Br2F2N2S3. The molecule has 2 aliphatic rings. The lowest BCUT2D eigenvalue weighted by atomic mass is 10.0. The second kappa shape index (κ2) is 12.8. The van der Waals surface area contributed by atoms with Crippen molar-refractivity contribution in [1.29, 1.82) is 0 Å². The molecule has 0 radical (unpaired) electrons. The van der Waals surface area contributed by atoms with E-state index in [-0.39, 0.29) is 5.70 Å². The lowest BCUT2D eigenvalue weighted by molar-refractivity contribution is 0.532. The molecule has 2 nitrogen and oxygen atoms in total. The van der Waals surface area contributed by atoms with E-state index in [2.05, 4.69) is 50.4 Å². The third-order valence-electron chi connectivity index (χ3n) is 6.23. The van der Waals surface area contributed by atoms with E-state index in [4.69, 9.17) is 0 Å². The van der Waals surface area contributed by atoms with Crippen molar-refractivity contribution in [3.8, 4) is 0 Å². The van der Waals surface area contributed by atoms with Crippen LogP contribution in [0.3, 0.4) is 0 Å². The van der Waals surface area contributed by atoms with Gasteiger partial charge in [0.05, 0.1) is 35.9 Å². The monoisotopic (exact) mass is 662 g/mol. The standard InChI is InChI=1S/C26H30Br2F2N2S3/c1-3-5-7-9-11-16-13-19(33-25(16)27)21-18-15-31-35-32(18)24(23(30)22(21)29)20-14-17(26(28)34-20)12-10-8-6-4-2/h13-15,31H,3-12H2,1-2H3. The summed E-state index contributed by atoms with van der Waals surface area (Å²) in [7, 11) is 0. The van der Waals surface area contributed by atoms with Crippen molar-refractivity contribution in [2.24, 2.45) is 0 Å². The molecule has 4 heterocycles. The molecule has 0 saturated carbocycles. The minimum absolute atomic E-state index is 0.286. The maximum absolute atomic E-state index is 15.7. The molecule has 1 N–H and O–H groups in total. The van der Waals surface area contributed by atoms with Gasteiger partial charge in [0.2, 0.25) is 0 Å². The number of nitrogens with zero attached hydrogens (tertiary/aromatic N) is 1. The number of thiophene rings is 2. The maximum Gasteiger partial charge on any atom is 0.185 e. The van der Waals surface area contributed by atoms with Crippen LogP contribution in [0, 0.1) is 0 Å². The fourth-order valence-corrected chi connectivity index (χ4v) is 8.78. The Labute approximate surface area is 236 Å². The topological polar surface area (TPSA) is 15.3 Å². The van der Waals surface area contributed by atoms with Crippen molar-refractivity contribution in [3.05, 3.63) is 64.1 Å². The van der Waals surface area contributed by atoms with Crippen LogP contribution in [-0.4, -0.2) is 4.31 Å². The van der Waals surface area contributed by atoms with Gasteiger partial charge in [-0.15, -0.1) is 22.7 Å². The highest BCUT2D eigenvalue weighted by molar-refractivity contribution is 9.11. The summed E-state index contributed by atoms with van der Waals surface area (Å²) in [4.78, 5) is 1.48. The molecule has 0 spiro atoms. The van der Waals surface area contributed by atoms with Crippen molar-refractivity contribution in [3.63, 3.8) is 0 Å². The Bertz CT molecular complexity index is 1150. The van der Waals surface area contributed by atoms with Crippen LogP contribution in [0.15, 0.2) is 43.3 Å². The number of halogens is 4. The van der Waals surface area contributed by atoms with Crippen molar-refractivity contribution >= 4 is 77.9 Å². The number of hydrogen-bond donors (Lipinski definition) is 1. The van der Waals surface area contributed by atoms with E-state index in [0.29, 0.717) is 11.3 Å². The van der Waals surface area contributed by atoms with Crippen molar-refractivity contribution < 1.29 is 8.78 Å². The molecule has 4 rings (SSSR count). The first kappa shape index (κ1) is 27.4. The van der Waals surface area contributed by atoms with Crippen LogP contribution < -0.4 is 4.72 Å². The predicted molar refractivity (Wildman–Crippen MR) is 156 cm³/mol. The zero-order valence-electron chi connectivity index (χ0n) is 20.0. The molecule has 0 aromatic carbocycles. The van der Waals surface area contributed by atoms with Crippen LogP contribution in [-0.2, 0) is 12.8 Å². The quantitative estimate of drug-likeness (QED) is 0.180. The van der Waals surface area contributed by atoms with E-state index >= 15 is 8.78 Å². The summed E-state index contributed by atoms with van der Waals surface area (Å²) in [5, 5.41) is 0. The van der Waals surface area contributed by atoms with Gasteiger partial charge in [0.15, 0.2) is 11.7 Å². The summed E-state index contributed by atoms with van der Waals surface area (Å²) in [6.07, 6.45) is 13.0. The number of unbranched alkanes of at least 4 members (excludes halogenated alkanes) is 6. The molecule has 2 aliphatic heterocycles. The van der Waals surface area contributed by atoms with Gasteiger partial charge in [-0.1, -0.05) is 52.4 Å². The average Bonchev–Trinajstić information content (AvgIpc) is 3.55. The first-order valence-electron chi connectivity index (χ1n) is 12.3. The fraction of sp³-hybridized carbons (Fsp3) is 0.462. The number of rotatable bonds is 12. The van der Waals surface area contributed by atoms with E-state index in [9.17, 15) is 0 Å². The summed E-state index contributed by atoms with van der Waals surface area (Å²) >= 11 is 11.5. The summed E-state index contributed by atoms with van der Waals surface area (Å²) < 4.78 is 38.3. The van der Waals surface area contributed by atoms with E-state index < -0.39 is 11.7 Å². The Morgan fingerprint density at radius 3 is 1.97 bits per heavy atom. The van der Waals surface area contributed by atoms with Gasteiger partial charge >= 0.3 is 0 Å². The molecule has 9 heteroatoms. The van der Waals surface area contributed by atoms with Crippen molar-refractivity contribution in [2.45, 2.75) is 78.1 Å². The van der Waals surface area contributed by atoms with Crippen LogP contribution in [0.4, 0.5) is 8.78 Å². The molecule has 190 valence electrons. The van der Waals surface area contributed by atoms with Crippen LogP contribution in [0.25, 0.3) is 11.3 Å². The number of aryl methyl sites for hydroxylation is 2. The van der Waals surface area contributed by atoms with Gasteiger partial charge < -0.3 is 4.72 Å². The summed E-state index contributed by atoms with van der Waals surface area (Å²) in [5.74, 6) is -1.58. The lowest BCUT2D eigenvalue weighted by Crippen LogP contribution is -2.17. The lowest BCUT2D eigenvalue weighted by Gasteiger charge is -2.27. The highest BCUT2D eigenvalue weighted by Gasteiger charge is 2.38. The molecule has 2 aromatic rings. The molecule has 0 bridgehead atoms. The molecule has 0 fully saturated rings. The van der Waals surface area contributed by atoms with Gasteiger partial charge in [-0.2, -0.15) is 0 Å². The minimum Gasteiger partial charge on any atom is -0.316 e. The highest BCUT2D eigenvalue weighted by atomic mass is 79.9. The first-order chi connectivity index (χ1) is 17.0. The number of allylic oxidation sites excluding steroid dienone is 3. The van der Waals surface area contributed by atoms with Gasteiger partial charge in [-0.05, 0) is 80.8 Å². The number of nitrogens with one attached hydrogen (secondary N) is 1. The molecule has 0 unspecified atom stereocenters. The predicted octanol–water partition coefficient (Wildman–Crippen LogP) is 10.9. The molecule has 35 heavy (non-hydrogen) atoms. The van der Waals surface area contributed by atoms with Gasteiger partial charge in [-0.25, -0.2) is 8.78 Å². The van der Waals surface area contributed by atoms with Gasteiger partial charge in [0.1, 0.15) is 5.70 Å². The van der Waals surface area contributed by atoms with Crippen LogP contribution in [0.5, 0.6) is 0 Å². The minimum atomic E-state index is -0.798. The van der Waals surface area contributed by atoms with E-state index in [1.807, 2.05) is 12.1 Å². The van der Waals surface area contributed by atoms with Crippen LogP contribution >= 0.6 is 66.7 Å². The first-order valence-corrected chi connectivity index (χ1v) is 16.3. The Kier molecular flexibility index (Phi) is 10.0. The largest absolute Gasteiger partial charge is 0.316 e. The van der Waals surface area contributed by atoms with E-state index in [1.54, 1.807) is 10.5 Å². The normalized spacial score (nSPS) is 15.7. The Morgan fingerprint density at radius 1 is 0.800 bits per heavy atom. The molecule has 0 amide bonds. The van der Waals surface area contributed by atoms with Crippen LogP contribution in [0.1, 0.15) is 86.1 Å². The second-order valence-corrected chi connectivity index (χ2v) is 14.3. The van der Waals surface area contributed by atoms with Crippen molar-refractivity contribution in [2.75, 3.05) is 0 Å². The van der Waals surface area contributed by atoms with Gasteiger partial charge in [0.25, 0.3) is 0 Å². The molecule has 0 atom stereocenters. The molecule has 0 aliphatic carbocycles. The summed E-state index contributed by atoms with van der Waals surface area (Å²) in [5.41, 5.74) is 3.59. The smallest absolute Gasteiger partial charge is 0.185 e. The van der Waals surface area contributed by atoms with Gasteiger partial charge in [-0.3, -0.25) is 4.31 Å². The second-order valence-electron chi connectivity index (χ2n) is 8.83. The van der Waals surface area contributed by atoms with Crippen LogP contribution in [0.2, 0.25) is 0 Å². The third-order valence-corrected chi connectivity index (χ3v) is 11.0. The highest BCUT2D eigenvalue weighted by Crippen LogP contribution is 2.52. The van der Waals surface area contributed by atoms with E-state index in [1.165, 1.54) is 73.3 Å². The maximum atomic E-state index is 15.7.